The molecule has 0 saturated heterocycles. The van der Waals surface area contributed by atoms with Crippen LogP contribution in [0.3, 0.4) is 0 Å². The van der Waals surface area contributed by atoms with Crippen LogP contribution in [0.2, 0.25) is 0 Å². The molecule has 0 radical (unpaired) electrons. The topological polar surface area (TPSA) is 59.1 Å². The normalized spacial score (nSPS) is 14.7. The molecule has 0 aliphatic carbocycles. The number of nitrogens with zero attached hydrogens (tertiary/aromatic N) is 2. The van der Waals surface area contributed by atoms with E-state index in [1.165, 1.54) is 34.0 Å². The van der Waals surface area contributed by atoms with Crippen molar-refractivity contribution in [3.05, 3.63) is 94.5 Å². The molecular weight excluding hydrogens is 467 g/mol. The van der Waals surface area contributed by atoms with Gasteiger partial charge < -0.3 is 19.3 Å². The molecule has 2 heterocycles. The van der Waals surface area contributed by atoms with E-state index in [4.69, 9.17) is 9.47 Å². The summed E-state index contributed by atoms with van der Waals surface area (Å²) in [6.45, 7) is 4.52. The number of ether oxygens (including phenoxy) is 2. The summed E-state index contributed by atoms with van der Waals surface area (Å²) >= 11 is 1.67. The molecule has 4 rings (SSSR count). The lowest BCUT2D eigenvalue weighted by Crippen LogP contribution is -2.47. The summed E-state index contributed by atoms with van der Waals surface area (Å²) in [5, 5.41) is 2.02. The van der Waals surface area contributed by atoms with Crippen LogP contribution in [0, 0.1) is 5.82 Å². The minimum Gasteiger partial charge on any atom is -0.497 e. The van der Waals surface area contributed by atoms with Crippen LogP contribution >= 0.6 is 11.3 Å². The number of methoxy groups -OCH3 is 1. The number of fused-ring (bicyclic) bond motifs is 1. The van der Waals surface area contributed by atoms with Crippen molar-refractivity contribution in [2.24, 2.45) is 0 Å². The fourth-order valence-electron chi connectivity index (χ4n) is 4.17. The number of amides is 2. The fraction of sp³-hybridized carbons (Fsp3) is 0.259. The van der Waals surface area contributed by atoms with Gasteiger partial charge in [0.05, 0.1) is 13.2 Å². The van der Waals surface area contributed by atoms with Crippen LogP contribution in [-0.4, -0.2) is 55.0 Å². The molecule has 0 fully saturated rings. The van der Waals surface area contributed by atoms with E-state index in [1.807, 2.05) is 29.6 Å². The van der Waals surface area contributed by atoms with Crippen LogP contribution in [0.1, 0.15) is 26.8 Å². The van der Waals surface area contributed by atoms with E-state index in [0.29, 0.717) is 18.0 Å². The smallest absolute Gasteiger partial charge is 0.254 e. The van der Waals surface area contributed by atoms with Gasteiger partial charge in [0.1, 0.15) is 30.5 Å². The molecule has 1 aliphatic rings. The minimum absolute atomic E-state index is 0.142. The van der Waals surface area contributed by atoms with Gasteiger partial charge in [-0.2, -0.15) is 0 Å². The zero-order valence-electron chi connectivity index (χ0n) is 19.5. The number of benzene rings is 2. The number of halogens is 1. The largest absolute Gasteiger partial charge is 0.497 e. The summed E-state index contributed by atoms with van der Waals surface area (Å²) in [5.74, 6) is 0.208. The van der Waals surface area contributed by atoms with Crippen LogP contribution in [0.5, 0.6) is 11.5 Å². The zero-order valence-corrected chi connectivity index (χ0v) is 20.3. The van der Waals surface area contributed by atoms with E-state index < -0.39 is 11.7 Å². The van der Waals surface area contributed by atoms with E-state index in [0.717, 1.165) is 12.0 Å². The third kappa shape index (κ3) is 5.71. The molecule has 1 atom stereocenters. The van der Waals surface area contributed by atoms with Crippen LogP contribution in [-0.2, 0) is 11.2 Å². The standard InChI is InChI=1S/C27H27FN2O4S/c1-3-12-29(27(32)19-6-4-7-20(28)15-19)17-26(31)30-13-10-25-23(11-14-35-25)24(30)18-34-22-9-5-8-21(16-22)33-2/h3-9,11,14-16,24H,1,10,12-13,17-18H2,2H3. The summed E-state index contributed by atoms with van der Waals surface area (Å²) in [6.07, 6.45) is 2.30. The monoisotopic (exact) mass is 494 g/mol. The number of carbonyl (C=O) groups is 2. The van der Waals surface area contributed by atoms with Crippen molar-refractivity contribution < 1.29 is 23.5 Å². The fourth-order valence-corrected chi connectivity index (χ4v) is 5.10. The van der Waals surface area contributed by atoms with Crippen molar-refractivity contribution in [1.29, 1.82) is 0 Å². The van der Waals surface area contributed by atoms with Crippen molar-refractivity contribution in [2.75, 3.05) is 33.4 Å². The number of hydrogen-bond acceptors (Lipinski definition) is 5. The molecule has 3 aromatic rings. The molecule has 6 nitrogen and oxygen atoms in total. The lowest BCUT2D eigenvalue weighted by Gasteiger charge is -2.37. The summed E-state index contributed by atoms with van der Waals surface area (Å²) < 4.78 is 25.0. The van der Waals surface area contributed by atoms with Crippen LogP contribution in [0.4, 0.5) is 4.39 Å². The molecular formula is C27H27FN2O4S. The van der Waals surface area contributed by atoms with Crippen molar-refractivity contribution in [3.63, 3.8) is 0 Å². The van der Waals surface area contributed by atoms with Gasteiger partial charge in [-0.25, -0.2) is 4.39 Å². The Labute approximate surface area is 208 Å². The van der Waals surface area contributed by atoms with Crippen LogP contribution in [0.15, 0.2) is 72.6 Å². The highest BCUT2D eigenvalue weighted by molar-refractivity contribution is 7.10. The Hall–Kier alpha value is -3.65. The lowest BCUT2D eigenvalue weighted by atomic mass is 10.0. The van der Waals surface area contributed by atoms with Gasteiger partial charge >= 0.3 is 0 Å². The van der Waals surface area contributed by atoms with Gasteiger partial charge in [0.15, 0.2) is 0 Å². The molecule has 0 spiro atoms. The number of carbonyl (C=O) groups excluding carboxylic acids is 2. The van der Waals surface area contributed by atoms with Gasteiger partial charge in [-0.1, -0.05) is 18.2 Å². The molecule has 2 aromatic carbocycles. The first-order valence-corrected chi connectivity index (χ1v) is 12.2. The number of rotatable bonds is 9. The molecule has 1 unspecified atom stereocenters. The minimum atomic E-state index is -0.503. The zero-order chi connectivity index (χ0) is 24.8. The molecule has 1 aromatic heterocycles. The maximum atomic E-state index is 13.7. The summed E-state index contributed by atoms with van der Waals surface area (Å²) in [4.78, 5) is 30.9. The summed E-state index contributed by atoms with van der Waals surface area (Å²) in [5.41, 5.74) is 1.25. The Kier molecular flexibility index (Phi) is 7.82. The Morgan fingerprint density at radius 3 is 2.77 bits per heavy atom. The average Bonchev–Trinajstić information content (AvgIpc) is 3.36. The summed E-state index contributed by atoms with van der Waals surface area (Å²) in [6, 6.07) is 14.5. The van der Waals surface area contributed by atoms with Gasteiger partial charge in [0.25, 0.3) is 5.91 Å². The third-order valence-corrected chi connectivity index (χ3v) is 6.90. The van der Waals surface area contributed by atoms with E-state index in [2.05, 4.69) is 6.58 Å². The van der Waals surface area contributed by atoms with E-state index >= 15 is 0 Å². The maximum Gasteiger partial charge on any atom is 0.254 e. The number of hydrogen-bond donors (Lipinski definition) is 0. The van der Waals surface area contributed by atoms with Crippen LogP contribution < -0.4 is 9.47 Å². The van der Waals surface area contributed by atoms with Gasteiger partial charge in [0.2, 0.25) is 5.91 Å². The van der Waals surface area contributed by atoms with Gasteiger partial charge in [0, 0.05) is 29.6 Å². The van der Waals surface area contributed by atoms with Crippen molar-refractivity contribution in [2.45, 2.75) is 12.5 Å². The first-order valence-electron chi connectivity index (χ1n) is 11.3. The molecule has 8 heteroatoms. The van der Waals surface area contributed by atoms with Crippen molar-refractivity contribution in [3.8, 4) is 11.5 Å². The Morgan fingerprint density at radius 1 is 1.20 bits per heavy atom. The maximum absolute atomic E-state index is 13.7. The summed E-state index contributed by atoms with van der Waals surface area (Å²) in [7, 11) is 1.60. The predicted molar refractivity (Wildman–Crippen MR) is 133 cm³/mol. The van der Waals surface area contributed by atoms with Crippen molar-refractivity contribution in [1.82, 2.24) is 9.80 Å². The van der Waals surface area contributed by atoms with E-state index in [1.54, 1.807) is 35.5 Å². The first-order chi connectivity index (χ1) is 17.0. The quantitative estimate of drug-likeness (QED) is 0.404. The Morgan fingerprint density at radius 2 is 2.00 bits per heavy atom. The SMILES string of the molecule is C=CCN(CC(=O)N1CCc2sccc2C1COc1cccc(OC)c1)C(=O)c1cccc(F)c1. The van der Waals surface area contributed by atoms with Crippen molar-refractivity contribution >= 4 is 23.2 Å². The second-order valence-corrected chi connectivity index (χ2v) is 9.13. The van der Waals surface area contributed by atoms with Crippen LogP contribution in [0.25, 0.3) is 0 Å². The van der Waals surface area contributed by atoms with Gasteiger partial charge in [-0.15, -0.1) is 17.9 Å². The molecule has 2 amide bonds. The van der Waals surface area contributed by atoms with Gasteiger partial charge in [-0.3, -0.25) is 9.59 Å². The molecule has 182 valence electrons. The molecule has 0 N–H and O–H groups in total. The Balaban J connectivity index is 1.52. The van der Waals surface area contributed by atoms with Gasteiger partial charge in [-0.05, 0) is 53.8 Å². The highest BCUT2D eigenvalue weighted by Crippen LogP contribution is 2.34. The second-order valence-electron chi connectivity index (χ2n) is 8.13. The second kappa shape index (κ2) is 11.2. The molecule has 0 bridgehead atoms. The molecule has 35 heavy (non-hydrogen) atoms. The molecule has 1 aliphatic heterocycles. The third-order valence-electron chi connectivity index (χ3n) is 5.90. The predicted octanol–water partition coefficient (Wildman–Crippen LogP) is 4.73. The van der Waals surface area contributed by atoms with E-state index in [-0.39, 0.29) is 37.2 Å². The first kappa shape index (κ1) is 24.5. The average molecular weight is 495 g/mol. The highest BCUT2D eigenvalue weighted by atomic mass is 32.1. The molecule has 0 saturated carbocycles. The highest BCUT2D eigenvalue weighted by Gasteiger charge is 2.33. The lowest BCUT2D eigenvalue weighted by molar-refractivity contribution is -0.135. The Bertz CT molecular complexity index is 1210. The van der Waals surface area contributed by atoms with E-state index in [9.17, 15) is 14.0 Å². The number of thiophene rings is 1.